The molecule has 0 aromatic rings. The Morgan fingerprint density at radius 3 is 2.17 bits per heavy atom. The third-order valence-electron chi connectivity index (χ3n) is 2.39. The zero-order valence-corrected chi connectivity index (χ0v) is 6.82. The van der Waals surface area contributed by atoms with Gasteiger partial charge in [-0.25, -0.2) is 0 Å². The van der Waals surface area contributed by atoms with E-state index in [1.54, 1.807) is 6.92 Å². The predicted molar refractivity (Wildman–Crippen MR) is 40.2 cm³/mol. The maximum absolute atomic E-state index is 11.0. The third-order valence-corrected chi connectivity index (χ3v) is 2.39. The molecule has 1 amide bonds. The van der Waals surface area contributed by atoms with E-state index in [4.69, 9.17) is 10.2 Å². The fraction of sp³-hybridized carbons (Fsp3) is 0.857. The van der Waals surface area contributed by atoms with Gasteiger partial charge in [0.2, 0.25) is 5.91 Å². The standard InChI is InChI=1S/C7H13NO4/c1-4-5(11)7(2-9,3-10)8-6(4)12/h4-5,9-11H,2-3H2,1H3,(H,8,12)/t4-,5+/m1/s1. The van der Waals surface area contributed by atoms with Crippen LogP contribution in [0.5, 0.6) is 0 Å². The Morgan fingerprint density at radius 1 is 1.50 bits per heavy atom. The van der Waals surface area contributed by atoms with Crippen LogP contribution in [-0.2, 0) is 4.79 Å². The SMILES string of the molecule is C[C@H]1C(=O)NC(CO)(CO)[C@H]1O. The Bertz CT molecular complexity index is 190. The van der Waals surface area contributed by atoms with Gasteiger partial charge < -0.3 is 20.6 Å². The van der Waals surface area contributed by atoms with Gasteiger partial charge in [-0.05, 0) is 0 Å². The highest BCUT2D eigenvalue weighted by atomic mass is 16.3. The first-order valence-electron chi connectivity index (χ1n) is 3.79. The van der Waals surface area contributed by atoms with Crippen molar-refractivity contribution in [1.82, 2.24) is 5.32 Å². The second-order valence-corrected chi connectivity index (χ2v) is 3.20. The minimum absolute atomic E-state index is 0.342. The lowest BCUT2D eigenvalue weighted by Crippen LogP contribution is -2.55. The first-order valence-corrected chi connectivity index (χ1v) is 3.79. The van der Waals surface area contributed by atoms with Crippen LogP contribution in [-0.4, -0.2) is 46.1 Å². The van der Waals surface area contributed by atoms with E-state index in [-0.39, 0.29) is 5.91 Å². The largest absolute Gasteiger partial charge is 0.394 e. The maximum atomic E-state index is 11.0. The summed E-state index contributed by atoms with van der Waals surface area (Å²) in [6.07, 6.45) is -1.03. The van der Waals surface area contributed by atoms with Crippen molar-refractivity contribution in [2.24, 2.45) is 5.92 Å². The van der Waals surface area contributed by atoms with Gasteiger partial charge in [-0.15, -0.1) is 0 Å². The van der Waals surface area contributed by atoms with Crippen molar-refractivity contribution < 1.29 is 20.1 Å². The molecule has 0 bridgehead atoms. The van der Waals surface area contributed by atoms with Gasteiger partial charge in [0.1, 0.15) is 5.54 Å². The quantitative estimate of drug-likeness (QED) is 0.385. The van der Waals surface area contributed by atoms with Crippen LogP contribution in [0.15, 0.2) is 0 Å². The topological polar surface area (TPSA) is 89.8 Å². The minimum Gasteiger partial charge on any atom is -0.394 e. The molecule has 5 heteroatoms. The van der Waals surface area contributed by atoms with Crippen LogP contribution in [0.25, 0.3) is 0 Å². The zero-order chi connectivity index (χ0) is 9.35. The van der Waals surface area contributed by atoms with E-state index < -0.39 is 30.8 Å². The molecule has 0 unspecified atom stereocenters. The molecule has 0 saturated carbocycles. The molecular formula is C7H13NO4. The summed E-state index contributed by atoms with van der Waals surface area (Å²) in [5.41, 5.74) is -1.25. The van der Waals surface area contributed by atoms with Crippen LogP contribution in [0.3, 0.4) is 0 Å². The van der Waals surface area contributed by atoms with E-state index in [0.717, 1.165) is 0 Å². The molecule has 0 radical (unpaired) electrons. The molecule has 0 spiro atoms. The van der Waals surface area contributed by atoms with Crippen molar-refractivity contribution >= 4 is 5.91 Å². The monoisotopic (exact) mass is 175 g/mol. The molecule has 1 aliphatic heterocycles. The summed E-state index contributed by atoms with van der Waals surface area (Å²) in [6, 6.07) is 0. The van der Waals surface area contributed by atoms with Crippen LogP contribution >= 0.6 is 0 Å². The lowest BCUT2D eigenvalue weighted by atomic mass is 9.91. The van der Waals surface area contributed by atoms with Crippen LogP contribution < -0.4 is 5.32 Å². The number of hydrogen-bond donors (Lipinski definition) is 4. The van der Waals surface area contributed by atoms with Gasteiger partial charge in [0.05, 0.1) is 25.2 Å². The van der Waals surface area contributed by atoms with Gasteiger partial charge in [0, 0.05) is 0 Å². The zero-order valence-electron chi connectivity index (χ0n) is 6.82. The van der Waals surface area contributed by atoms with E-state index >= 15 is 0 Å². The summed E-state index contributed by atoms with van der Waals surface area (Å²) >= 11 is 0. The highest BCUT2D eigenvalue weighted by Gasteiger charge is 2.49. The van der Waals surface area contributed by atoms with E-state index in [9.17, 15) is 9.90 Å². The average molecular weight is 175 g/mol. The first kappa shape index (κ1) is 9.44. The van der Waals surface area contributed by atoms with Crippen LogP contribution in [0.1, 0.15) is 6.92 Å². The highest BCUT2D eigenvalue weighted by Crippen LogP contribution is 2.24. The summed E-state index contributed by atoms with van der Waals surface area (Å²) in [5, 5.41) is 29.6. The summed E-state index contributed by atoms with van der Waals surface area (Å²) in [6.45, 7) is 0.633. The highest BCUT2D eigenvalue weighted by molar-refractivity contribution is 5.83. The van der Waals surface area contributed by atoms with Crippen molar-refractivity contribution in [3.63, 3.8) is 0 Å². The van der Waals surface area contributed by atoms with Crippen molar-refractivity contribution in [3.05, 3.63) is 0 Å². The smallest absolute Gasteiger partial charge is 0.226 e. The number of aliphatic hydroxyl groups excluding tert-OH is 3. The molecule has 1 aliphatic rings. The number of carbonyl (C=O) groups is 1. The Hall–Kier alpha value is -0.650. The molecule has 70 valence electrons. The minimum atomic E-state index is -1.25. The molecule has 5 nitrogen and oxygen atoms in total. The molecule has 1 rings (SSSR count). The molecule has 12 heavy (non-hydrogen) atoms. The number of rotatable bonds is 2. The molecule has 1 heterocycles. The number of hydrogen-bond acceptors (Lipinski definition) is 4. The van der Waals surface area contributed by atoms with Gasteiger partial charge >= 0.3 is 0 Å². The fourth-order valence-corrected chi connectivity index (χ4v) is 1.37. The van der Waals surface area contributed by atoms with Crippen LogP contribution in [0.4, 0.5) is 0 Å². The Morgan fingerprint density at radius 2 is 2.00 bits per heavy atom. The van der Waals surface area contributed by atoms with Gasteiger partial charge in [-0.2, -0.15) is 0 Å². The predicted octanol–water partition coefficient (Wildman–Crippen LogP) is -2.16. The average Bonchev–Trinajstić information content (AvgIpc) is 2.30. The number of aliphatic hydroxyl groups is 3. The summed E-state index contributed by atoms with van der Waals surface area (Å²) in [7, 11) is 0. The van der Waals surface area contributed by atoms with Crippen molar-refractivity contribution in [3.8, 4) is 0 Å². The maximum Gasteiger partial charge on any atom is 0.226 e. The fourth-order valence-electron chi connectivity index (χ4n) is 1.37. The van der Waals surface area contributed by atoms with Crippen molar-refractivity contribution in [1.29, 1.82) is 0 Å². The first-order chi connectivity index (χ1) is 5.57. The lowest BCUT2D eigenvalue weighted by molar-refractivity contribution is -0.123. The molecule has 4 N–H and O–H groups in total. The molecule has 0 aliphatic carbocycles. The van der Waals surface area contributed by atoms with Gasteiger partial charge in [-0.3, -0.25) is 4.79 Å². The molecule has 0 aromatic carbocycles. The third kappa shape index (κ3) is 1.10. The van der Waals surface area contributed by atoms with Crippen molar-refractivity contribution in [2.45, 2.75) is 18.6 Å². The van der Waals surface area contributed by atoms with Gasteiger partial charge in [0.15, 0.2) is 0 Å². The lowest BCUT2D eigenvalue weighted by Gasteiger charge is -2.28. The summed E-state index contributed by atoms with van der Waals surface area (Å²) < 4.78 is 0. The summed E-state index contributed by atoms with van der Waals surface area (Å²) in [5.74, 6) is -0.921. The molecular weight excluding hydrogens is 162 g/mol. The van der Waals surface area contributed by atoms with Crippen molar-refractivity contribution in [2.75, 3.05) is 13.2 Å². The number of carbonyl (C=O) groups excluding carboxylic acids is 1. The molecule has 0 aromatic heterocycles. The van der Waals surface area contributed by atoms with E-state index in [1.165, 1.54) is 0 Å². The molecule has 2 atom stereocenters. The Labute approximate surface area is 70.0 Å². The van der Waals surface area contributed by atoms with E-state index in [2.05, 4.69) is 5.32 Å². The number of amides is 1. The normalized spacial score (nSPS) is 33.5. The second kappa shape index (κ2) is 3.01. The van der Waals surface area contributed by atoms with E-state index in [0.29, 0.717) is 0 Å². The van der Waals surface area contributed by atoms with Gasteiger partial charge in [0.25, 0.3) is 0 Å². The van der Waals surface area contributed by atoms with E-state index in [1.807, 2.05) is 0 Å². The Kier molecular flexibility index (Phi) is 2.36. The molecule has 1 fully saturated rings. The number of nitrogens with one attached hydrogen (secondary N) is 1. The summed E-state index contributed by atoms with van der Waals surface area (Å²) in [4.78, 5) is 11.0. The van der Waals surface area contributed by atoms with Crippen LogP contribution in [0, 0.1) is 5.92 Å². The Balaban J connectivity index is 2.86. The van der Waals surface area contributed by atoms with Crippen LogP contribution in [0.2, 0.25) is 0 Å². The van der Waals surface area contributed by atoms with Gasteiger partial charge in [-0.1, -0.05) is 6.92 Å². The molecule has 1 saturated heterocycles. The second-order valence-electron chi connectivity index (χ2n) is 3.20.